The Morgan fingerprint density at radius 2 is 1.72 bits per heavy atom. The predicted octanol–water partition coefficient (Wildman–Crippen LogP) is 4.78. The normalized spacial score (nSPS) is 17.8. The molecule has 218 valence electrons. The van der Waals surface area contributed by atoms with Gasteiger partial charge in [0.15, 0.2) is 19.4 Å². The fourth-order valence-corrected chi connectivity index (χ4v) is 9.05. The number of nitrogens with one attached hydrogen (secondary N) is 1. The van der Waals surface area contributed by atoms with E-state index in [9.17, 15) is 8.42 Å². The number of hydrogen-bond donors (Lipinski definition) is 1. The molecule has 0 saturated carbocycles. The number of allylic oxidation sites excluding steroid dienone is 1. The third kappa shape index (κ3) is 5.99. The number of hydrazone groups is 1. The second-order valence-corrected chi connectivity index (χ2v) is 15.9. The maximum Gasteiger partial charge on any atom is 0.210 e. The van der Waals surface area contributed by atoms with Crippen LogP contribution in [-0.4, -0.2) is 70.4 Å². The zero-order valence-electron chi connectivity index (χ0n) is 23.4. The fraction of sp³-hybridized carbons (Fsp3) is 0.226. The molecule has 0 aliphatic carbocycles. The van der Waals surface area contributed by atoms with Gasteiger partial charge in [-0.25, -0.2) is 23.4 Å². The van der Waals surface area contributed by atoms with E-state index in [0.717, 1.165) is 70.2 Å². The van der Waals surface area contributed by atoms with E-state index in [1.807, 2.05) is 54.7 Å². The Labute approximate surface area is 260 Å². The van der Waals surface area contributed by atoms with Crippen molar-refractivity contribution in [3.63, 3.8) is 0 Å². The van der Waals surface area contributed by atoms with Gasteiger partial charge in [-0.3, -0.25) is 15.0 Å². The average Bonchev–Trinajstić information content (AvgIpc) is 3.70. The van der Waals surface area contributed by atoms with Gasteiger partial charge in [0.05, 0.1) is 5.71 Å². The van der Waals surface area contributed by atoms with Gasteiger partial charge < -0.3 is 0 Å². The summed E-state index contributed by atoms with van der Waals surface area (Å²) in [6.45, 7) is 2.85. The summed E-state index contributed by atoms with van der Waals surface area (Å²) in [4.78, 5) is 16.5. The summed E-state index contributed by atoms with van der Waals surface area (Å²) in [5.41, 5.74) is 5.78. The summed E-state index contributed by atoms with van der Waals surface area (Å²) >= 11 is -0.982. The average molecular weight is 705 g/mol. The van der Waals surface area contributed by atoms with E-state index < -0.39 is 30.6 Å². The molecule has 0 spiro atoms. The van der Waals surface area contributed by atoms with Crippen molar-refractivity contribution in [3.05, 3.63) is 108 Å². The van der Waals surface area contributed by atoms with Gasteiger partial charge in [0.2, 0.25) is 3.05 Å². The molecule has 43 heavy (non-hydrogen) atoms. The van der Waals surface area contributed by atoms with Gasteiger partial charge in [-0.1, -0.05) is 60.7 Å². The Hall–Kier alpha value is -3.88. The van der Waals surface area contributed by atoms with Gasteiger partial charge in [-0.05, 0) is 49.2 Å². The highest BCUT2D eigenvalue weighted by Crippen LogP contribution is 2.32. The van der Waals surface area contributed by atoms with Gasteiger partial charge in [-0.15, -0.1) is 5.10 Å². The van der Waals surface area contributed by atoms with Crippen LogP contribution in [0.4, 0.5) is 0 Å². The van der Waals surface area contributed by atoms with E-state index in [1.54, 1.807) is 11.2 Å². The number of hydrogen-bond acceptors (Lipinski definition) is 9. The first kappa shape index (κ1) is 27.9. The molecule has 3 aliphatic heterocycles. The maximum atomic E-state index is 12.2. The van der Waals surface area contributed by atoms with Crippen LogP contribution in [0.3, 0.4) is 0 Å². The molecule has 4 aromatic rings. The van der Waals surface area contributed by atoms with Crippen molar-refractivity contribution < 1.29 is 8.42 Å². The first-order chi connectivity index (χ1) is 20.9. The standard InChI is InChI=1S/C31H29IN8O2S/c1-43(41,42)31-32-30-34-27(25(20-40(30)38-31)22-7-3-2-4-8-22)23-12-10-21(11-13-23)19-39-17-14-24(15-18-39)28-35-29(37-36-28)26-9-5-6-16-33-26/h2-13,16,20,24H,14-15,17-19H2,1H3,(H,35,36,37). The van der Waals surface area contributed by atoms with Crippen molar-refractivity contribution in [3.8, 4) is 11.5 Å². The number of fused-ring (bicyclic) bond motifs is 1. The predicted molar refractivity (Wildman–Crippen MR) is 177 cm³/mol. The molecule has 0 bridgehead atoms. The van der Waals surface area contributed by atoms with Crippen molar-refractivity contribution in [2.45, 2.75) is 25.3 Å². The van der Waals surface area contributed by atoms with Gasteiger partial charge >= 0.3 is 0 Å². The number of benzene rings is 2. The minimum atomic E-state index is -3.35. The molecule has 2 aromatic carbocycles. The Bertz CT molecular complexity index is 1880. The largest absolute Gasteiger partial charge is 0.299 e. The van der Waals surface area contributed by atoms with E-state index in [1.165, 1.54) is 11.8 Å². The summed E-state index contributed by atoms with van der Waals surface area (Å²) in [6, 6.07) is 24.4. The molecular formula is C31H29IN8O2S. The fourth-order valence-electron chi connectivity index (χ4n) is 5.40. The summed E-state index contributed by atoms with van der Waals surface area (Å²) < 4.78 is 25.4. The monoisotopic (exact) mass is 704 g/mol. The number of aromatic amines is 1. The molecule has 0 radical (unpaired) electrons. The van der Waals surface area contributed by atoms with Gasteiger partial charge in [0, 0.05) is 63.0 Å². The molecule has 10 nitrogen and oxygen atoms in total. The molecular weight excluding hydrogens is 675 g/mol. The molecule has 1 fully saturated rings. The molecule has 0 atom stereocenters. The number of rotatable bonds is 6. The van der Waals surface area contributed by atoms with Crippen LogP contribution in [-0.2, 0) is 16.4 Å². The van der Waals surface area contributed by atoms with Gasteiger partial charge in [-0.2, -0.15) is 5.10 Å². The number of aliphatic imine (C=N–C) groups is 1. The second-order valence-electron chi connectivity index (χ2n) is 10.7. The van der Waals surface area contributed by atoms with Crippen LogP contribution >= 0.6 is 20.7 Å². The quantitative estimate of drug-likeness (QED) is 0.287. The highest BCUT2D eigenvalue weighted by molar-refractivity contribution is 14.2. The van der Waals surface area contributed by atoms with Crippen molar-refractivity contribution >= 4 is 48.7 Å². The van der Waals surface area contributed by atoms with Crippen LogP contribution in [0.1, 0.15) is 41.3 Å². The van der Waals surface area contributed by atoms with Gasteiger partial charge in [0.25, 0.3) is 0 Å². The minimum Gasteiger partial charge on any atom is -0.299 e. The highest BCUT2D eigenvalue weighted by atomic mass is 127. The topological polar surface area (TPSA) is 120 Å². The molecule has 1 N–H and O–H groups in total. The van der Waals surface area contributed by atoms with Crippen LogP contribution < -0.4 is 0 Å². The lowest BCUT2D eigenvalue weighted by molar-refractivity contribution is 0.202. The Morgan fingerprint density at radius 1 is 0.953 bits per heavy atom. The van der Waals surface area contributed by atoms with Crippen LogP contribution in [0.2, 0.25) is 0 Å². The second kappa shape index (κ2) is 11.7. The molecule has 1 saturated heterocycles. The van der Waals surface area contributed by atoms with Crippen molar-refractivity contribution in [2.24, 2.45) is 10.1 Å². The van der Waals surface area contributed by atoms with Crippen LogP contribution in [0.5, 0.6) is 0 Å². The summed E-state index contributed by atoms with van der Waals surface area (Å²) in [6.07, 6.45) is 6.93. The maximum absolute atomic E-state index is 12.2. The first-order valence-electron chi connectivity index (χ1n) is 14.0. The lowest BCUT2D eigenvalue weighted by Gasteiger charge is -2.31. The smallest absolute Gasteiger partial charge is 0.210 e. The van der Waals surface area contributed by atoms with Crippen LogP contribution in [0.15, 0.2) is 95.3 Å². The van der Waals surface area contributed by atoms with E-state index in [4.69, 9.17) is 9.98 Å². The number of nitrogens with zero attached hydrogens (tertiary/aromatic N) is 7. The number of piperidine rings is 1. The molecule has 0 unspecified atom stereocenters. The lowest BCUT2D eigenvalue weighted by atomic mass is 9.94. The first-order valence-corrected chi connectivity index (χ1v) is 18.1. The van der Waals surface area contributed by atoms with Gasteiger partial charge in [0.1, 0.15) is 11.5 Å². The molecule has 5 heterocycles. The van der Waals surface area contributed by atoms with E-state index >= 15 is 0 Å². The highest BCUT2D eigenvalue weighted by Gasteiger charge is 2.29. The van der Waals surface area contributed by atoms with E-state index in [2.05, 4.69) is 49.4 Å². The number of H-pyrrole nitrogens is 1. The van der Waals surface area contributed by atoms with E-state index in [-0.39, 0.29) is 3.05 Å². The SMILES string of the molecule is CS(=O)(=O)C1=NN2C=C(c3ccccc3)C(c3ccc(CN4CCC(c5nc(-c6ccccn6)n[nH]5)CC4)cc3)=NC2=I1. The molecule has 12 heteroatoms. The minimum absolute atomic E-state index is 0.242. The molecule has 3 aliphatic rings. The summed E-state index contributed by atoms with van der Waals surface area (Å²) in [7, 11) is -3.35. The number of sulfone groups is 1. The third-order valence-electron chi connectivity index (χ3n) is 7.65. The van der Waals surface area contributed by atoms with Crippen molar-refractivity contribution in [1.29, 1.82) is 0 Å². The van der Waals surface area contributed by atoms with Crippen LogP contribution in [0, 0.1) is 0 Å². The number of pyridine rings is 1. The summed E-state index contributed by atoms with van der Waals surface area (Å²) in [5, 5.41) is 13.6. The van der Waals surface area contributed by atoms with E-state index in [0.29, 0.717) is 11.7 Å². The van der Waals surface area contributed by atoms with Crippen molar-refractivity contribution in [1.82, 2.24) is 30.1 Å². The molecule has 7 rings (SSSR count). The number of aromatic nitrogens is 4. The third-order valence-corrected chi connectivity index (χ3v) is 13.2. The molecule has 0 amide bonds. The lowest BCUT2D eigenvalue weighted by Crippen LogP contribution is -2.32. The molecule has 2 aromatic heterocycles. The zero-order chi connectivity index (χ0) is 29.4. The summed E-state index contributed by atoms with van der Waals surface area (Å²) in [5.74, 6) is 1.95. The Morgan fingerprint density at radius 3 is 2.44 bits per heavy atom. The number of likely N-dealkylation sites (tertiary alicyclic amines) is 1. The Balaban J connectivity index is 1.04. The number of halogens is 1. The van der Waals surface area contributed by atoms with Crippen LogP contribution in [0.25, 0.3) is 17.1 Å². The zero-order valence-corrected chi connectivity index (χ0v) is 26.4. The Kier molecular flexibility index (Phi) is 7.57. The van der Waals surface area contributed by atoms with Crippen molar-refractivity contribution in [2.75, 3.05) is 19.3 Å².